The number of carbonyl (C=O) groups is 1. The Morgan fingerprint density at radius 2 is 1.66 bits per heavy atom. The lowest BCUT2D eigenvalue weighted by Gasteiger charge is -2.34. The Morgan fingerprint density at radius 1 is 0.969 bits per heavy atom. The Balaban J connectivity index is 1.23. The zero-order valence-corrected chi connectivity index (χ0v) is 19.3. The second-order valence-corrected chi connectivity index (χ2v) is 9.47. The van der Waals surface area contributed by atoms with Crippen molar-refractivity contribution in [3.63, 3.8) is 0 Å². The molecule has 6 nitrogen and oxygen atoms in total. The van der Waals surface area contributed by atoms with Crippen molar-refractivity contribution in [2.45, 2.75) is 39.4 Å². The number of nitrogens with zero attached hydrogens (tertiary/aromatic N) is 2. The van der Waals surface area contributed by atoms with Crippen LogP contribution in [-0.4, -0.2) is 54.2 Å². The zero-order valence-electron chi connectivity index (χ0n) is 19.3. The van der Waals surface area contributed by atoms with Gasteiger partial charge in [-0.05, 0) is 55.7 Å². The van der Waals surface area contributed by atoms with E-state index in [-0.39, 0.29) is 11.4 Å². The summed E-state index contributed by atoms with van der Waals surface area (Å²) in [4.78, 5) is 16.9. The first kappa shape index (κ1) is 22.4. The molecule has 4 rings (SSSR count). The number of carbonyl (C=O) groups excluding carboxylic acids is 1. The van der Waals surface area contributed by atoms with Crippen molar-refractivity contribution in [3.05, 3.63) is 65.2 Å². The second kappa shape index (κ2) is 9.76. The van der Waals surface area contributed by atoms with Crippen molar-refractivity contribution in [3.8, 4) is 11.5 Å². The lowest BCUT2D eigenvalue weighted by molar-refractivity contribution is -0.127. The maximum Gasteiger partial charge on any atom is 0.246 e. The topological polar surface area (TPSA) is 54.0 Å². The highest BCUT2D eigenvalue weighted by Gasteiger charge is 2.21. The highest BCUT2D eigenvalue weighted by atomic mass is 16.7. The van der Waals surface area contributed by atoms with Crippen LogP contribution in [-0.2, 0) is 17.9 Å². The van der Waals surface area contributed by atoms with E-state index in [2.05, 4.69) is 61.3 Å². The van der Waals surface area contributed by atoms with Crippen LogP contribution in [0, 0.1) is 0 Å². The van der Waals surface area contributed by atoms with E-state index in [1.165, 1.54) is 11.1 Å². The van der Waals surface area contributed by atoms with Crippen LogP contribution in [0.15, 0.2) is 48.5 Å². The van der Waals surface area contributed by atoms with Gasteiger partial charge in [-0.3, -0.25) is 9.69 Å². The average Bonchev–Trinajstić information content (AvgIpc) is 3.25. The first-order valence-corrected chi connectivity index (χ1v) is 11.3. The molecule has 0 aromatic heterocycles. The SMILES string of the molecule is CC(C)(C)NCc1ccc(/C=C/C(=O)N2CCN(Cc3ccc4c(c3)OCO4)CC2)cc1. The highest BCUT2D eigenvalue weighted by molar-refractivity contribution is 5.91. The fraction of sp³-hybridized carbons (Fsp3) is 0.423. The fourth-order valence-electron chi connectivity index (χ4n) is 3.81. The highest BCUT2D eigenvalue weighted by Crippen LogP contribution is 2.32. The van der Waals surface area contributed by atoms with Gasteiger partial charge in [0.15, 0.2) is 11.5 Å². The molecule has 1 fully saturated rings. The largest absolute Gasteiger partial charge is 0.454 e. The molecule has 1 saturated heterocycles. The molecule has 0 atom stereocenters. The van der Waals surface area contributed by atoms with Crippen LogP contribution in [0.2, 0.25) is 0 Å². The van der Waals surface area contributed by atoms with Gasteiger partial charge in [-0.25, -0.2) is 0 Å². The minimum absolute atomic E-state index is 0.0752. The van der Waals surface area contributed by atoms with Crippen LogP contribution < -0.4 is 14.8 Å². The van der Waals surface area contributed by atoms with Crippen LogP contribution >= 0.6 is 0 Å². The molecule has 0 radical (unpaired) electrons. The van der Waals surface area contributed by atoms with Gasteiger partial charge in [-0.2, -0.15) is 0 Å². The third-order valence-electron chi connectivity index (χ3n) is 5.75. The average molecular weight is 436 g/mol. The van der Waals surface area contributed by atoms with Gasteiger partial charge in [0.2, 0.25) is 12.7 Å². The smallest absolute Gasteiger partial charge is 0.246 e. The molecule has 1 amide bonds. The number of hydrogen-bond donors (Lipinski definition) is 1. The molecule has 2 heterocycles. The monoisotopic (exact) mass is 435 g/mol. The van der Waals surface area contributed by atoms with E-state index in [1.807, 2.05) is 23.1 Å². The Bertz CT molecular complexity index is 955. The summed E-state index contributed by atoms with van der Waals surface area (Å²) >= 11 is 0. The summed E-state index contributed by atoms with van der Waals surface area (Å²) in [5, 5.41) is 3.49. The fourth-order valence-corrected chi connectivity index (χ4v) is 3.81. The predicted octanol–water partition coefficient (Wildman–Crippen LogP) is 3.66. The Kier molecular flexibility index (Phi) is 6.82. The van der Waals surface area contributed by atoms with Gasteiger partial charge in [-0.15, -0.1) is 0 Å². The second-order valence-electron chi connectivity index (χ2n) is 9.47. The molecule has 0 aliphatic carbocycles. The van der Waals surface area contributed by atoms with Crippen molar-refractivity contribution in [2.24, 2.45) is 0 Å². The number of amides is 1. The molecule has 0 unspecified atom stereocenters. The standard InChI is InChI=1S/C26H33N3O3/c1-26(2,3)27-17-21-6-4-20(5-7-21)9-11-25(30)29-14-12-28(13-15-29)18-22-8-10-23-24(16-22)32-19-31-23/h4-11,16,27H,12-15,17-19H2,1-3H3/b11-9+. The van der Waals surface area contributed by atoms with E-state index >= 15 is 0 Å². The maximum atomic E-state index is 12.6. The van der Waals surface area contributed by atoms with Gasteiger partial charge < -0.3 is 19.7 Å². The Morgan fingerprint density at radius 3 is 2.38 bits per heavy atom. The minimum Gasteiger partial charge on any atom is -0.454 e. The van der Waals surface area contributed by atoms with Crippen molar-refractivity contribution in [1.29, 1.82) is 0 Å². The quantitative estimate of drug-likeness (QED) is 0.702. The van der Waals surface area contributed by atoms with Crippen LogP contribution in [0.25, 0.3) is 6.08 Å². The van der Waals surface area contributed by atoms with Crippen molar-refractivity contribution >= 4 is 12.0 Å². The molecular formula is C26H33N3O3. The van der Waals surface area contributed by atoms with E-state index in [0.717, 1.165) is 56.3 Å². The lowest BCUT2D eigenvalue weighted by atomic mass is 10.1. The summed E-state index contributed by atoms with van der Waals surface area (Å²) in [6, 6.07) is 14.4. The third kappa shape index (κ3) is 6.11. The Labute approximate surface area is 190 Å². The molecule has 0 bridgehead atoms. The van der Waals surface area contributed by atoms with Gasteiger partial charge in [0.1, 0.15) is 0 Å². The van der Waals surface area contributed by atoms with Gasteiger partial charge in [-0.1, -0.05) is 30.3 Å². The van der Waals surface area contributed by atoms with Gasteiger partial charge in [0, 0.05) is 50.9 Å². The van der Waals surface area contributed by atoms with E-state index in [1.54, 1.807) is 6.08 Å². The summed E-state index contributed by atoms with van der Waals surface area (Å²) < 4.78 is 10.8. The summed E-state index contributed by atoms with van der Waals surface area (Å²) in [6.07, 6.45) is 3.60. The normalized spacial score (nSPS) is 16.7. The summed E-state index contributed by atoms with van der Waals surface area (Å²) in [6.45, 7) is 11.7. The van der Waals surface area contributed by atoms with Gasteiger partial charge in [0.25, 0.3) is 0 Å². The molecule has 2 aliphatic rings. The van der Waals surface area contributed by atoms with Crippen LogP contribution in [0.1, 0.15) is 37.5 Å². The number of hydrogen-bond acceptors (Lipinski definition) is 5. The minimum atomic E-state index is 0.0752. The van der Waals surface area contributed by atoms with Crippen LogP contribution in [0.3, 0.4) is 0 Å². The van der Waals surface area contributed by atoms with Gasteiger partial charge in [0.05, 0.1) is 0 Å². The van der Waals surface area contributed by atoms with Crippen LogP contribution in [0.4, 0.5) is 0 Å². The molecule has 2 aliphatic heterocycles. The number of rotatable bonds is 6. The number of piperazine rings is 1. The first-order chi connectivity index (χ1) is 15.4. The number of benzene rings is 2. The molecular weight excluding hydrogens is 402 g/mol. The summed E-state index contributed by atoms with van der Waals surface area (Å²) in [5.74, 6) is 1.71. The zero-order chi connectivity index (χ0) is 22.6. The van der Waals surface area contributed by atoms with E-state index in [4.69, 9.17) is 9.47 Å². The molecule has 32 heavy (non-hydrogen) atoms. The molecule has 0 spiro atoms. The number of ether oxygens (including phenoxy) is 2. The molecule has 2 aromatic carbocycles. The number of nitrogens with one attached hydrogen (secondary N) is 1. The van der Waals surface area contributed by atoms with Gasteiger partial charge >= 0.3 is 0 Å². The van der Waals surface area contributed by atoms with Crippen molar-refractivity contribution < 1.29 is 14.3 Å². The van der Waals surface area contributed by atoms with E-state index in [9.17, 15) is 4.79 Å². The van der Waals surface area contributed by atoms with E-state index < -0.39 is 0 Å². The summed E-state index contributed by atoms with van der Waals surface area (Å²) in [5.41, 5.74) is 3.58. The lowest BCUT2D eigenvalue weighted by Crippen LogP contribution is -2.47. The van der Waals surface area contributed by atoms with Crippen molar-refractivity contribution in [1.82, 2.24) is 15.1 Å². The third-order valence-corrected chi connectivity index (χ3v) is 5.75. The van der Waals surface area contributed by atoms with Crippen molar-refractivity contribution in [2.75, 3.05) is 33.0 Å². The van der Waals surface area contributed by atoms with Crippen LogP contribution in [0.5, 0.6) is 11.5 Å². The number of fused-ring (bicyclic) bond motifs is 1. The summed E-state index contributed by atoms with van der Waals surface area (Å²) in [7, 11) is 0. The molecule has 0 saturated carbocycles. The first-order valence-electron chi connectivity index (χ1n) is 11.3. The molecule has 2 aromatic rings. The molecule has 1 N–H and O–H groups in total. The predicted molar refractivity (Wildman–Crippen MR) is 126 cm³/mol. The maximum absolute atomic E-state index is 12.6. The molecule has 170 valence electrons. The molecule has 6 heteroatoms. The van der Waals surface area contributed by atoms with E-state index in [0.29, 0.717) is 6.79 Å². The Hall–Kier alpha value is -2.83.